The van der Waals surface area contributed by atoms with Gasteiger partial charge in [-0.25, -0.2) is 9.36 Å². The van der Waals surface area contributed by atoms with Crippen molar-refractivity contribution >= 4 is 13.8 Å². The van der Waals surface area contributed by atoms with Gasteiger partial charge in [-0.15, -0.1) is 0 Å². The molecule has 1 aliphatic heterocycles. The van der Waals surface area contributed by atoms with Crippen molar-refractivity contribution in [3.8, 4) is 0 Å². The Bertz CT molecular complexity index is 751. The van der Waals surface area contributed by atoms with Crippen LogP contribution in [0.25, 0.3) is 0 Å². The van der Waals surface area contributed by atoms with Crippen molar-refractivity contribution in [2.75, 3.05) is 13.2 Å². The fraction of sp³-hybridized carbons (Fsp3) is 0.875. The minimum absolute atomic E-state index is 0.0206. The Balaban J connectivity index is 2.89. The van der Waals surface area contributed by atoms with E-state index in [0.717, 1.165) is 25.7 Å². The Hall–Kier alpha value is -1.12. The van der Waals surface area contributed by atoms with Crippen molar-refractivity contribution in [2.45, 2.75) is 93.3 Å². The zero-order valence-electron chi connectivity index (χ0n) is 21.9. The third-order valence-corrected chi connectivity index (χ3v) is 6.74. The molecule has 34 heavy (non-hydrogen) atoms. The zero-order valence-corrected chi connectivity index (χ0v) is 22.8. The molecule has 4 N–H and O–H groups in total. The van der Waals surface area contributed by atoms with E-state index in [0.29, 0.717) is 5.92 Å². The standard InChI is InChI=1S/C24H45O9P/c1-15(11-23(3,4)5)9-10-17(16(2)12-24(6,7)8)14-31-34(29,30)33-21-19(27)20(18(26)13-25)32-22(21)28/h15-18,20,25-27H,9-14H2,1-8H3,(H,29,30). The number of carbonyl (C=O) groups is 1. The minimum atomic E-state index is -4.77. The van der Waals surface area contributed by atoms with E-state index in [4.69, 9.17) is 18.9 Å². The van der Waals surface area contributed by atoms with Gasteiger partial charge in [0.2, 0.25) is 0 Å². The fourth-order valence-corrected chi connectivity index (χ4v) is 5.37. The maximum absolute atomic E-state index is 12.6. The number of phosphoric ester groups is 1. The van der Waals surface area contributed by atoms with Gasteiger partial charge in [0, 0.05) is 0 Å². The van der Waals surface area contributed by atoms with Gasteiger partial charge in [0.25, 0.3) is 5.76 Å². The summed E-state index contributed by atoms with van der Waals surface area (Å²) in [5.74, 6) is -2.32. The molecule has 1 rings (SSSR count). The van der Waals surface area contributed by atoms with Crippen LogP contribution in [0.5, 0.6) is 0 Å². The first-order chi connectivity index (χ1) is 15.3. The summed E-state index contributed by atoms with van der Waals surface area (Å²) in [4.78, 5) is 22.2. The second-order valence-corrected chi connectivity index (χ2v) is 13.5. The molecule has 0 aromatic heterocycles. The molecule has 0 radical (unpaired) electrons. The quantitative estimate of drug-likeness (QED) is 0.205. The fourth-order valence-electron chi connectivity index (χ4n) is 4.54. The first-order valence-electron chi connectivity index (χ1n) is 11.9. The number of rotatable bonds is 13. The van der Waals surface area contributed by atoms with Crippen LogP contribution in [0, 0.1) is 28.6 Å². The van der Waals surface area contributed by atoms with Crippen LogP contribution in [0.15, 0.2) is 11.5 Å². The van der Waals surface area contributed by atoms with Crippen molar-refractivity contribution in [3.63, 3.8) is 0 Å². The number of aliphatic hydroxyl groups excluding tert-OH is 3. The van der Waals surface area contributed by atoms with Gasteiger partial charge in [0.15, 0.2) is 11.9 Å². The molecular formula is C24H45O9P. The van der Waals surface area contributed by atoms with Crippen LogP contribution in [0.4, 0.5) is 0 Å². The highest BCUT2D eigenvalue weighted by Gasteiger charge is 2.44. The summed E-state index contributed by atoms with van der Waals surface area (Å²) in [6.07, 6.45) is 0.527. The molecule has 0 saturated carbocycles. The molecule has 10 heteroatoms. The third-order valence-electron chi connectivity index (χ3n) is 5.85. The number of cyclic esters (lactones) is 1. The molecular weight excluding hydrogens is 463 g/mol. The molecule has 6 atom stereocenters. The van der Waals surface area contributed by atoms with Gasteiger partial charge in [-0.3, -0.25) is 9.42 Å². The molecule has 0 spiro atoms. The predicted molar refractivity (Wildman–Crippen MR) is 129 cm³/mol. The Labute approximate surface area is 204 Å². The molecule has 1 heterocycles. The first-order valence-corrected chi connectivity index (χ1v) is 13.4. The van der Waals surface area contributed by atoms with Gasteiger partial charge >= 0.3 is 13.8 Å². The summed E-state index contributed by atoms with van der Waals surface area (Å²) < 4.78 is 27.4. The molecule has 0 saturated heterocycles. The monoisotopic (exact) mass is 508 g/mol. The van der Waals surface area contributed by atoms with Crippen LogP contribution >= 0.6 is 7.82 Å². The van der Waals surface area contributed by atoms with E-state index in [2.05, 4.69) is 55.4 Å². The van der Waals surface area contributed by atoms with E-state index in [1.165, 1.54) is 0 Å². The van der Waals surface area contributed by atoms with Gasteiger partial charge < -0.3 is 24.6 Å². The number of hydrogen-bond acceptors (Lipinski definition) is 8. The summed E-state index contributed by atoms with van der Waals surface area (Å²) in [5, 5.41) is 28.7. The summed E-state index contributed by atoms with van der Waals surface area (Å²) in [7, 11) is -4.77. The topological polar surface area (TPSA) is 143 Å². The van der Waals surface area contributed by atoms with Crippen LogP contribution in [0.3, 0.4) is 0 Å². The number of hydrogen-bond donors (Lipinski definition) is 4. The largest absolute Gasteiger partial charge is 0.527 e. The summed E-state index contributed by atoms with van der Waals surface area (Å²) in [6.45, 7) is 16.5. The second-order valence-electron chi connectivity index (χ2n) is 12.1. The van der Waals surface area contributed by atoms with E-state index in [-0.39, 0.29) is 29.3 Å². The molecule has 0 bridgehead atoms. The average Bonchev–Trinajstić information content (AvgIpc) is 2.92. The van der Waals surface area contributed by atoms with Crippen molar-refractivity contribution < 1.29 is 43.4 Å². The van der Waals surface area contributed by atoms with Crippen molar-refractivity contribution in [1.82, 2.24) is 0 Å². The van der Waals surface area contributed by atoms with Gasteiger partial charge in [0.05, 0.1) is 13.2 Å². The van der Waals surface area contributed by atoms with Crippen molar-refractivity contribution in [1.29, 1.82) is 0 Å². The Morgan fingerprint density at radius 3 is 2.12 bits per heavy atom. The third kappa shape index (κ3) is 10.6. The number of ether oxygens (including phenoxy) is 1. The van der Waals surface area contributed by atoms with Crippen molar-refractivity contribution in [2.24, 2.45) is 28.6 Å². The lowest BCUT2D eigenvalue weighted by molar-refractivity contribution is -0.147. The smallest absolute Gasteiger partial charge is 0.505 e. The summed E-state index contributed by atoms with van der Waals surface area (Å²) in [6, 6.07) is 0. The number of aliphatic hydroxyl groups is 3. The number of phosphoric acid groups is 1. The summed E-state index contributed by atoms with van der Waals surface area (Å²) in [5.41, 5.74) is 0.283. The summed E-state index contributed by atoms with van der Waals surface area (Å²) >= 11 is 0. The number of esters is 1. The normalized spacial score (nSPS) is 22.7. The molecule has 0 amide bonds. The van der Waals surface area contributed by atoms with Gasteiger partial charge in [0.1, 0.15) is 6.10 Å². The van der Waals surface area contributed by atoms with Gasteiger partial charge in [-0.1, -0.05) is 61.8 Å². The molecule has 0 aliphatic carbocycles. The van der Waals surface area contributed by atoms with E-state index >= 15 is 0 Å². The highest BCUT2D eigenvalue weighted by molar-refractivity contribution is 7.47. The highest BCUT2D eigenvalue weighted by atomic mass is 31.2. The van der Waals surface area contributed by atoms with E-state index in [9.17, 15) is 24.5 Å². The van der Waals surface area contributed by atoms with Crippen LogP contribution in [0.1, 0.15) is 81.1 Å². The molecule has 0 aromatic carbocycles. The lowest BCUT2D eigenvalue weighted by atomic mass is 9.76. The SMILES string of the molecule is CC(CCC(COP(=O)(O)OC1=C(O)C(C(O)CO)OC1=O)C(C)CC(C)(C)C)CC(C)(C)C. The van der Waals surface area contributed by atoms with E-state index < -0.39 is 44.1 Å². The molecule has 0 aromatic rings. The Morgan fingerprint density at radius 2 is 1.62 bits per heavy atom. The maximum atomic E-state index is 12.6. The van der Waals surface area contributed by atoms with E-state index in [1.54, 1.807) is 0 Å². The van der Waals surface area contributed by atoms with E-state index in [1.807, 2.05) is 0 Å². The molecule has 200 valence electrons. The van der Waals surface area contributed by atoms with Crippen molar-refractivity contribution in [3.05, 3.63) is 11.5 Å². The van der Waals surface area contributed by atoms with Crippen LogP contribution in [-0.4, -0.2) is 51.6 Å². The molecule has 9 nitrogen and oxygen atoms in total. The second kappa shape index (κ2) is 12.2. The first kappa shape index (κ1) is 30.9. The minimum Gasteiger partial charge on any atom is -0.505 e. The molecule has 0 fully saturated rings. The van der Waals surface area contributed by atoms with Gasteiger partial charge in [-0.2, -0.15) is 0 Å². The van der Waals surface area contributed by atoms with Crippen LogP contribution in [-0.2, 0) is 23.1 Å². The Morgan fingerprint density at radius 1 is 1.06 bits per heavy atom. The lowest BCUT2D eigenvalue weighted by Crippen LogP contribution is -2.31. The lowest BCUT2D eigenvalue weighted by Gasteiger charge is -2.31. The number of carbonyl (C=O) groups excluding carboxylic acids is 1. The highest BCUT2D eigenvalue weighted by Crippen LogP contribution is 2.49. The van der Waals surface area contributed by atoms with Gasteiger partial charge in [-0.05, 0) is 47.8 Å². The predicted octanol–water partition coefficient (Wildman–Crippen LogP) is 4.71. The average molecular weight is 509 g/mol. The molecule has 1 aliphatic rings. The zero-order chi connectivity index (χ0) is 26.5. The Kier molecular flexibility index (Phi) is 11.1. The maximum Gasteiger partial charge on any atom is 0.527 e. The molecule has 6 unspecified atom stereocenters. The van der Waals surface area contributed by atoms with Crippen LogP contribution in [0.2, 0.25) is 0 Å². The van der Waals surface area contributed by atoms with Crippen LogP contribution < -0.4 is 0 Å².